The van der Waals surface area contributed by atoms with Crippen LogP contribution >= 0.6 is 0 Å². The average Bonchev–Trinajstić information content (AvgIpc) is 2.99. The van der Waals surface area contributed by atoms with Crippen molar-refractivity contribution in [3.05, 3.63) is 83.4 Å². The van der Waals surface area contributed by atoms with Crippen molar-refractivity contribution in [2.24, 2.45) is 0 Å². The summed E-state index contributed by atoms with van der Waals surface area (Å²) in [5.41, 5.74) is 6.26. The Morgan fingerprint density at radius 1 is 0.953 bits per heavy atom. The van der Waals surface area contributed by atoms with E-state index in [1.165, 1.54) is 0 Å². The Morgan fingerprint density at radius 2 is 1.65 bits per heavy atom. The van der Waals surface area contributed by atoms with Gasteiger partial charge < -0.3 is 19.7 Å². The van der Waals surface area contributed by atoms with Gasteiger partial charge in [0.2, 0.25) is 0 Å². The highest BCUT2D eigenvalue weighted by atomic mass is 16.6. The van der Waals surface area contributed by atoms with Gasteiger partial charge in [-0.3, -0.25) is 15.1 Å². The van der Waals surface area contributed by atoms with Crippen molar-refractivity contribution in [2.75, 3.05) is 39.4 Å². The summed E-state index contributed by atoms with van der Waals surface area (Å²) in [5, 5.41) is 5.46. The summed E-state index contributed by atoms with van der Waals surface area (Å²) in [7, 11) is 0. The molecule has 0 radical (unpaired) electrons. The zero-order valence-corrected chi connectivity index (χ0v) is 25.5. The molecule has 0 aromatic heterocycles. The summed E-state index contributed by atoms with van der Waals surface area (Å²) >= 11 is 0. The number of ether oxygens (including phenoxy) is 2. The first-order valence-corrected chi connectivity index (χ1v) is 14.8. The number of urea groups is 1. The summed E-state index contributed by atoms with van der Waals surface area (Å²) < 4.78 is 10.6. The smallest absolute Gasteiger partial charge is 0.426 e. The lowest BCUT2D eigenvalue weighted by Crippen LogP contribution is -2.44. The second-order valence-corrected chi connectivity index (χ2v) is 11.7. The van der Waals surface area contributed by atoms with E-state index in [1.54, 1.807) is 32.9 Å². The Hall–Kier alpha value is -4.15. The third kappa shape index (κ3) is 9.69. The van der Waals surface area contributed by atoms with Gasteiger partial charge in [-0.25, -0.2) is 15.0 Å². The molecule has 1 aliphatic rings. The number of hydrazine groups is 1. The lowest BCUT2D eigenvalue weighted by molar-refractivity contribution is 0.0364. The van der Waals surface area contributed by atoms with Crippen molar-refractivity contribution in [3.8, 4) is 0 Å². The zero-order valence-electron chi connectivity index (χ0n) is 25.5. The molecule has 0 saturated carbocycles. The fraction of sp³-hybridized carbons (Fsp3) is 0.424. The highest BCUT2D eigenvalue weighted by Gasteiger charge is 2.20. The summed E-state index contributed by atoms with van der Waals surface area (Å²) in [6, 6.07) is 21.0. The van der Waals surface area contributed by atoms with Crippen LogP contribution in [0, 0.1) is 0 Å². The maximum absolute atomic E-state index is 13.6. The maximum Gasteiger partial charge on any atom is 0.426 e. The standard InChI is InChI=1S/C33H43N5O5/c1-24(28-12-7-10-26-9-5-6-11-29(26)28)34-31(40)38(18-8-17-37-19-21-42-22-20-37)23-25-13-15-27(16-14-25)30(39)35-36-32(41)43-33(2,3)4/h5-7,9-16,24H,8,17-23H2,1-4H3,(H,34,40)(H,35,39)(H,36,41)/t24-/m0/s1. The van der Waals surface area contributed by atoms with Crippen molar-refractivity contribution in [1.29, 1.82) is 0 Å². The van der Waals surface area contributed by atoms with E-state index in [0.717, 1.165) is 61.2 Å². The topological polar surface area (TPSA) is 112 Å². The Morgan fingerprint density at radius 3 is 2.37 bits per heavy atom. The number of amides is 4. The van der Waals surface area contributed by atoms with Crippen LogP contribution in [0.3, 0.4) is 0 Å². The van der Waals surface area contributed by atoms with Crippen LogP contribution in [-0.2, 0) is 16.0 Å². The number of hydrogen-bond donors (Lipinski definition) is 3. The molecule has 1 saturated heterocycles. The maximum atomic E-state index is 13.6. The molecule has 230 valence electrons. The summed E-state index contributed by atoms with van der Waals surface area (Å²) in [5.74, 6) is -0.471. The van der Waals surface area contributed by atoms with Crippen molar-refractivity contribution in [2.45, 2.75) is 52.3 Å². The first kappa shape index (κ1) is 31.8. The average molecular weight is 590 g/mol. The normalized spacial score (nSPS) is 14.5. The number of morpholine rings is 1. The van der Waals surface area contributed by atoms with Crippen LogP contribution in [-0.4, -0.2) is 72.8 Å². The van der Waals surface area contributed by atoms with Gasteiger partial charge in [-0.15, -0.1) is 0 Å². The van der Waals surface area contributed by atoms with E-state index >= 15 is 0 Å². The molecule has 1 heterocycles. The third-order valence-corrected chi connectivity index (χ3v) is 7.19. The summed E-state index contributed by atoms with van der Waals surface area (Å²) in [6.07, 6.45) is 0.0846. The molecular weight excluding hydrogens is 546 g/mol. The molecule has 10 nitrogen and oxygen atoms in total. The summed E-state index contributed by atoms with van der Waals surface area (Å²) in [4.78, 5) is 42.2. The van der Waals surface area contributed by atoms with E-state index in [0.29, 0.717) is 18.7 Å². The molecule has 43 heavy (non-hydrogen) atoms. The van der Waals surface area contributed by atoms with Gasteiger partial charge in [0, 0.05) is 38.3 Å². The van der Waals surface area contributed by atoms with E-state index < -0.39 is 17.6 Å². The van der Waals surface area contributed by atoms with Crippen molar-refractivity contribution < 1.29 is 23.9 Å². The van der Waals surface area contributed by atoms with Gasteiger partial charge in [0.05, 0.1) is 19.3 Å². The highest BCUT2D eigenvalue weighted by molar-refractivity contribution is 5.95. The van der Waals surface area contributed by atoms with Gasteiger partial charge in [0.15, 0.2) is 0 Å². The molecule has 3 N–H and O–H groups in total. The van der Waals surface area contributed by atoms with E-state index in [1.807, 2.05) is 42.2 Å². The van der Waals surface area contributed by atoms with Gasteiger partial charge in [0.25, 0.3) is 5.91 Å². The fourth-order valence-corrected chi connectivity index (χ4v) is 5.01. The first-order chi connectivity index (χ1) is 20.6. The third-order valence-electron chi connectivity index (χ3n) is 7.19. The molecule has 0 bridgehead atoms. The quantitative estimate of drug-likeness (QED) is 0.303. The van der Waals surface area contributed by atoms with Crippen molar-refractivity contribution in [1.82, 2.24) is 26.0 Å². The Kier molecular flexibility index (Phi) is 11.0. The van der Waals surface area contributed by atoms with Crippen molar-refractivity contribution in [3.63, 3.8) is 0 Å². The van der Waals surface area contributed by atoms with Crippen LogP contribution < -0.4 is 16.2 Å². The fourth-order valence-electron chi connectivity index (χ4n) is 5.01. The van der Waals surface area contributed by atoms with Crippen molar-refractivity contribution >= 4 is 28.8 Å². The first-order valence-electron chi connectivity index (χ1n) is 14.8. The lowest BCUT2D eigenvalue weighted by Gasteiger charge is -2.29. The van der Waals surface area contributed by atoms with Gasteiger partial charge in [-0.2, -0.15) is 0 Å². The number of fused-ring (bicyclic) bond motifs is 1. The molecule has 1 atom stereocenters. The molecule has 4 rings (SSSR count). The zero-order chi connectivity index (χ0) is 30.8. The minimum absolute atomic E-state index is 0.147. The second-order valence-electron chi connectivity index (χ2n) is 11.7. The molecule has 0 aliphatic carbocycles. The molecule has 3 aromatic rings. The SMILES string of the molecule is C[C@H](NC(=O)N(CCCN1CCOCC1)Cc1ccc(C(=O)NNC(=O)OC(C)(C)C)cc1)c1cccc2ccccc12. The molecular formula is C33H43N5O5. The molecule has 4 amide bonds. The molecule has 0 spiro atoms. The van der Waals surface area contributed by atoms with Gasteiger partial charge in [-0.1, -0.05) is 54.6 Å². The van der Waals surface area contributed by atoms with Crippen LogP contribution in [0.4, 0.5) is 9.59 Å². The molecule has 1 aliphatic heterocycles. The Bertz CT molecular complexity index is 1380. The predicted molar refractivity (Wildman–Crippen MR) is 166 cm³/mol. The Labute approximate surface area is 253 Å². The van der Waals surface area contributed by atoms with Crippen LogP contribution in [0.5, 0.6) is 0 Å². The number of benzene rings is 3. The molecule has 0 unspecified atom stereocenters. The minimum atomic E-state index is -0.742. The highest BCUT2D eigenvalue weighted by Crippen LogP contribution is 2.24. The molecule has 3 aromatic carbocycles. The monoisotopic (exact) mass is 589 g/mol. The number of nitrogens with one attached hydrogen (secondary N) is 3. The number of carbonyl (C=O) groups excluding carboxylic acids is 3. The van der Waals surface area contributed by atoms with Gasteiger partial charge in [-0.05, 0) is 68.1 Å². The number of rotatable bonds is 9. The van der Waals surface area contributed by atoms with Crippen LogP contribution in [0.25, 0.3) is 10.8 Å². The minimum Gasteiger partial charge on any atom is -0.443 e. The number of carbonyl (C=O) groups is 3. The van der Waals surface area contributed by atoms with Gasteiger partial charge in [0.1, 0.15) is 5.60 Å². The lowest BCUT2D eigenvalue weighted by atomic mass is 10.00. The van der Waals surface area contributed by atoms with Crippen LogP contribution in [0.1, 0.15) is 61.6 Å². The largest absolute Gasteiger partial charge is 0.443 e. The predicted octanol–water partition coefficient (Wildman–Crippen LogP) is 5.00. The van der Waals surface area contributed by atoms with E-state index in [2.05, 4.69) is 45.3 Å². The molecule has 10 heteroatoms. The number of hydrogen-bond acceptors (Lipinski definition) is 6. The van der Waals surface area contributed by atoms with Crippen LogP contribution in [0.15, 0.2) is 66.7 Å². The van der Waals surface area contributed by atoms with Crippen LogP contribution in [0.2, 0.25) is 0 Å². The van der Waals surface area contributed by atoms with E-state index in [4.69, 9.17) is 9.47 Å². The number of nitrogens with zero attached hydrogens (tertiary/aromatic N) is 2. The summed E-state index contributed by atoms with van der Waals surface area (Å²) in [6.45, 7) is 12.3. The van der Waals surface area contributed by atoms with Gasteiger partial charge >= 0.3 is 12.1 Å². The second kappa shape index (κ2) is 14.8. The Balaban J connectivity index is 1.40. The molecule has 1 fully saturated rings. The van der Waals surface area contributed by atoms with E-state index in [-0.39, 0.29) is 12.1 Å². The van der Waals surface area contributed by atoms with E-state index in [9.17, 15) is 14.4 Å².